The number of hydrogen-bond donors (Lipinski definition) is 1. The van der Waals surface area contributed by atoms with Crippen molar-refractivity contribution in [3.63, 3.8) is 0 Å². The molecule has 0 spiro atoms. The molecule has 0 bridgehead atoms. The zero-order valence-corrected chi connectivity index (χ0v) is 12.2. The first kappa shape index (κ1) is 12.5. The van der Waals surface area contributed by atoms with E-state index in [-0.39, 0.29) is 0 Å². The Labute approximate surface area is 116 Å². The first-order valence-corrected chi connectivity index (χ1v) is 7.35. The van der Waals surface area contributed by atoms with Crippen molar-refractivity contribution in [3.05, 3.63) is 52.6 Å². The molecule has 2 atom stereocenters. The van der Waals surface area contributed by atoms with E-state index in [1.54, 1.807) is 0 Å². The molecule has 1 aromatic rings. The van der Waals surface area contributed by atoms with E-state index in [0.717, 1.165) is 6.54 Å². The summed E-state index contributed by atoms with van der Waals surface area (Å²) in [5.41, 5.74) is 7.17. The second-order valence-corrected chi connectivity index (χ2v) is 6.17. The highest BCUT2D eigenvalue weighted by Crippen LogP contribution is 2.33. The fraction of sp³-hybridized carbons (Fsp3) is 0.444. The zero-order valence-electron chi connectivity index (χ0n) is 12.2. The lowest BCUT2D eigenvalue weighted by molar-refractivity contribution is 0.614. The SMILES string of the molecule is Cc1cc(C)c2c(c1)NCC(C1=CCC(C)C=C1)C2. The average Bonchev–Trinajstić information content (AvgIpc) is 2.39. The number of nitrogens with one attached hydrogen (secondary N) is 1. The molecule has 0 radical (unpaired) electrons. The van der Waals surface area contributed by atoms with Crippen molar-refractivity contribution < 1.29 is 0 Å². The van der Waals surface area contributed by atoms with E-state index in [9.17, 15) is 0 Å². The minimum absolute atomic E-state index is 0.637. The molecule has 1 heteroatoms. The van der Waals surface area contributed by atoms with Crippen LogP contribution in [-0.4, -0.2) is 6.54 Å². The number of hydrogen-bond acceptors (Lipinski definition) is 1. The predicted molar refractivity (Wildman–Crippen MR) is 82.6 cm³/mol. The van der Waals surface area contributed by atoms with Gasteiger partial charge in [-0.25, -0.2) is 0 Å². The van der Waals surface area contributed by atoms with Gasteiger partial charge < -0.3 is 5.32 Å². The van der Waals surface area contributed by atoms with Gasteiger partial charge in [-0.2, -0.15) is 0 Å². The molecule has 1 nitrogen and oxygen atoms in total. The summed E-state index contributed by atoms with van der Waals surface area (Å²) < 4.78 is 0. The van der Waals surface area contributed by atoms with Crippen molar-refractivity contribution in [2.75, 3.05) is 11.9 Å². The smallest absolute Gasteiger partial charge is 0.0378 e. The van der Waals surface area contributed by atoms with Crippen LogP contribution in [0, 0.1) is 25.7 Å². The van der Waals surface area contributed by atoms with Gasteiger partial charge in [-0.15, -0.1) is 0 Å². The summed E-state index contributed by atoms with van der Waals surface area (Å²) in [6.07, 6.45) is 9.51. The summed E-state index contributed by atoms with van der Waals surface area (Å²) in [5, 5.41) is 3.63. The number of anilines is 1. The highest BCUT2D eigenvalue weighted by atomic mass is 14.9. The maximum Gasteiger partial charge on any atom is 0.0378 e. The van der Waals surface area contributed by atoms with Crippen LogP contribution in [0.25, 0.3) is 0 Å². The Bertz CT molecular complexity index is 551. The Morgan fingerprint density at radius 1 is 1.21 bits per heavy atom. The molecule has 1 N–H and O–H groups in total. The van der Waals surface area contributed by atoms with Crippen molar-refractivity contribution in [3.8, 4) is 0 Å². The lowest BCUT2D eigenvalue weighted by Crippen LogP contribution is -2.25. The van der Waals surface area contributed by atoms with Crippen LogP contribution in [0.3, 0.4) is 0 Å². The van der Waals surface area contributed by atoms with Gasteiger partial charge in [-0.3, -0.25) is 0 Å². The number of benzene rings is 1. The Morgan fingerprint density at radius 2 is 2.05 bits per heavy atom. The van der Waals surface area contributed by atoms with Crippen molar-refractivity contribution in [2.45, 2.75) is 33.6 Å². The maximum absolute atomic E-state index is 3.63. The van der Waals surface area contributed by atoms with E-state index >= 15 is 0 Å². The van der Waals surface area contributed by atoms with Crippen molar-refractivity contribution in [2.24, 2.45) is 11.8 Å². The van der Waals surface area contributed by atoms with Crippen LogP contribution in [0.5, 0.6) is 0 Å². The summed E-state index contributed by atoms with van der Waals surface area (Å²) in [4.78, 5) is 0. The zero-order chi connectivity index (χ0) is 13.4. The van der Waals surface area contributed by atoms with Crippen molar-refractivity contribution in [1.29, 1.82) is 0 Å². The van der Waals surface area contributed by atoms with Crippen LogP contribution < -0.4 is 5.32 Å². The summed E-state index contributed by atoms with van der Waals surface area (Å²) in [6, 6.07) is 4.59. The molecule has 0 amide bonds. The fourth-order valence-electron chi connectivity index (χ4n) is 3.26. The number of allylic oxidation sites excluding steroid dienone is 3. The van der Waals surface area contributed by atoms with Gasteiger partial charge in [0, 0.05) is 18.2 Å². The topological polar surface area (TPSA) is 12.0 Å². The standard InChI is InChI=1S/C18H23N/c1-12-4-6-15(7-5-12)16-10-17-14(3)8-13(2)9-18(17)19-11-16/h4,6-9,12,16,19H,5,10-11H2,1-3H3. The van der Waals surface area contributed by atoms with Crippen molar-refractivity contribution in [1.82, 2.24) is 0 Å². The first-order chi connectivity index (χ1) is 9.13. The van der Waals surface area contributed by atoms with Crippen LogP contribution in [0.15, 0.2) is 35.9 Å². The van der Waals surface area contributed by atoms with Gasteiger partial charge in [0.2, 0.25) is 0 Å². The van der Waals surface area contributed by atoms with Crippen LogP contribution in [0.1, 0.15) is 30.0 Å². The van der Waals surface area contributed by atoms with Crippen LogP contribution >= 0.6 is 0 Å². The Kier molecular flexibility index (Phi) is 3.22. The number of fused-ring (bicyclic) bond motifs is 1. The Hall–Kier alpha value is -1.50. The largest absolute Gasteiger partial charge is 0.384 e. The number of aryl methyl sites for hydroxylation is 2. The molecule has 3 rings (SSSR count). The third-order valence-corrected chi connectivity index (χ3v) is 4.42. The molecule has 1 aliphatic heterocycles. The minimum atomic E-state index is 0.637. The molecule has 2 unspecified atom stereocenters. The van der Waals surface area contributed by atoms with E-state index in [4.69, 9.17) is 0 Å². The normalized spacial score (nSPS) is 25.5. The molecule has 0 fully saturated rings. The van der Waals surface area contributed by atoms with E-state index in [1.165, 1.54) is 40.8 Å². The maximum atomic E-state index is 3.63. The molecule has 0 saturated carbocycles. The monoisotopic (exact) mass is 253 g/mol. The number of rotatable bonds is 1. The van der Waals surface area contributed by atoms with Gasteiger partial charge >= 0.3 is 0 Å². The highest BCUT2D eigenvalue weighted by molar-refractivity contribution is 5.59. The third kappa shape index (κ3) is 2.47. The minimum Gasteiger partial charge on any atom is -0.384 e. The molecule has 1 heterocycles. The molecular formula is C18H23N. The quantitative estimate of drug-likeness (QED) is 0.781. The average molecular weight is 253 g/mol. The molecule has 1 aromatic carbocycles. The molecule has 2 aliphatic rings. The van der Waals surface area contributed by atoms with Gasteiger partial charge in [-0.05, 0) is 60.9 Å². The van der Waals surface area contributed by atoms with E-state index in [0.29, 0.717) is 11.8 Å². The Balaban J connectivity index is 1.85. The van der Waals surface area contributed by atoms with Crippen LogP contribution in [-0.2, 0) is 6.42 Å². The summed E-state index contributed by atoms with van der Waals surface area (Å²) in [6.45, 7) is 7.77. The van der Waals surface area contributed by atoms with Gasteiger partial charge in [0.15, 0.2) is 0 Å². The predicted octanol–water partition coefficient (Wildman–Crippen LogP) is 4.41. The van der Waals surface area contributed by atoms with Crippen molar-refractivity contribution >= 4 is 5.69 Å². The second-order valence-electron chi connectivity index (χ2n) is 6.17. The Morgan fingerprint density at radius 3 is 2.79 bits per heavy atom. The van der Waals surface area contributed by atoms with Crippen LogP contribution in [0.2, 0.25) is 0 Å². The summed E-state index contributed by atoms with van der Waals surface area (Å²) >= 11 is 0. The fourth-order valence-corrected chi connectivity index (χ4v) is 3.26. The molecule has 1 aliphatic carbocycles. The first-order valence-electron chi connectivity index (χ1n) is 7.35. The van der Waals surface area contributed by atoms with Gasteiger partial charge in [-0.1, -0.05) is 31.2 Å². The lowest BCUT2D eigenvalue weighted by atomic mass is 9.82. The van der Waals surface area contributed by atoms with Gasteiger partial charge in [0.1, 0.15) is 0 Å². The summed E-state index contributed by atoms with van der Waals surface area (Å²) in [5.74, 6) is 1.34. The molecule has 19 heavy (non-hydrogen) atoms. The highest BCUT2D eigenvalue weighted by Gasteiger charge is 2.22. The summed E-state index contributed by atoms with van der Waals surface area (Å²) in [7, 11) is 0. The molecule has 0 aromatic heterocycles. The van der Waals surface area contributed by atoms with Crippen LogP contribution in [0.4, 0.5) is 5.69 Å². The van der Waals surface area contributed by atoms with Gasteiger partial charge in [0.05, 0.1) is 0 Å². The molecule has 100 valence electrons. The van der Waals surface area contributed by atoms with E-state index in [2.05, 4.69) is 56.4 Å². The second kappa shape index (κ2) is 4.88. The van der Waals surface area contributed by atoms with E-state index in [1.807, 2.05) is 0 Å². The third-order valence-electron chi connectivity index (χ3n) is 4.42. The van der Waals surface area contributed by atoms with E-state index < -0.39 is 0 Å². The lowest BCUT2D eigenvalue weighted by Gasteiger charge is -2.30. The van der Waals surface area contributed by atoms with Gasteiger partial charge in [0.25, 0.3) is 0 Å². The molecule has 0 saturated heterocycles. The molecular weight excluding hydrogens is 230 g/mol.